The SMILES string of the molecule is COc1ccc2c(c1)CC[C@@H](NC(=O)CC(C)(C)N)C(=O)N2Cc1ccc(-c2ccccc2S(=O)(=O)NC(=O)c2ccccc2)cc1. The Morgan fingerprint density at radius 3 is 2.32 bits per heavy atom. The number of nitrogens with one attached hydrogen (secondary N) is 2. The molecular formula is C36H38N4O6S. The van der Waals surface area contributed by atoms with Crippen LogP contribution in [-0.4, -0.2) is 44.8 Å². The summed E-state index contributed by atoms with van der Waals surface area (Å²) >= 11 is 0. The van der Waals surface area contributed by atoms with E-state index in [1.165, 1.54) is 18.2 Å². The fourth-order valence-electron chi connectivity index (χ4n) is 5.58. The van der Waals surface area contributed by atoms with Gasteiger partial charge in [0, 0.05) is 28.8 Å². The van der Waals surface area contributed by atoms with Gasteiger partial charge in [-0.3, -0.25) is 14.4 Å². The number of carbonyl (C=O) groups excluding carboxylic acids is 3. The van der Waals surface area contributed by atoms with Crippen molar-refractivity contribution in [3.05, 3.63) is 114 Å². The van der Waals surface area contributed by atoms with Gasteiger partial charge >= 0.3 is 0 Å². The average Bonchev–Trinajstić information content (AvgIpc) is 3.16. The highest BCUT2D eigenvalue weighted by molar-refractivity contribution is 7.90. The fraction of sp³-hybridized carbons (Fsp3) is 0.250. The van der Waals surface area contributed by atoms with E-state index in [4.69, 9.17) is 10.5 Å². The van der Waals surface area contributed by atoms with Crippen molar-refractivity contribution in [3.63, 3.8) is 0 Å². The zero-order valence-electron chi connectivity index (χ0n) is 26.5. The molecule has 11 heteroatoms. The van der Waals surface area contributed by atoms with Gasteiger partial charge in [-0.2, -0.15) is 0 Å². The summed E-state index contributed by atoms with van der Waals surface area (Å²) in [6.07, 6.45) is 1.04. The van der Waals surface area contributed by atoms with E-state index >= 15 is 0 Å². The van der Waals surface area contributed by atoms with E-state index < -0.39 is 27.5 Å². The molecule has 0 saturated heterocycles. The van der Waals surface area contributed by atoms with Crippen LogP contribution in [0.2, 0.25) is 0 Å². The zero-order chi connectivity index (χ0) is 33.8. The number of benzene rings is 4. The lowest BCUT2D eigenvalue weighted by molar-refractivity contribution is -0.128. The predicted molar refractivity (Wildman–Crippen MR) is 180 cm³/mol. The molecule has 1 aliphatic rings. The molecule has 0 bridgehead atoms. The summed E-state index contributed by atoms with van der Waals surface area (Å²) in [5.74, 6) is -0.595. The van der Waals surface area contributed by atoms with E-state index in [0.717, 1.165) is 16.8 Å². The molecule has 0 aliphatic carbocycles. The Labute approximate surface area is 275 Å². The summed E-state index contributed by atoms with van der Waals surface area (Å²) in [5.41, 5.74) is 9.02. The molecular weight excluding hydrogens is 616 g/mol. The van der Waals surface area contributed by atoms with Gasteiger partial charge in [0.05, 0.1) is 18.6 Å². The number of methoxy groups -OCH3 is 1. The van der Waals surface area contributed by atoms with E-state index in [1.54, 1.807) is 80.5 Å². The number of fused-ring (bicyclic) bond motifs is 1. The number of hydrogen-bond donors (Lipinski definition) is 3. The van der Waals surface area contributed by atoms with Crippen LogP contribution in [0.25, 0.3) is 11.1 Å². The van der Waals surface area contributed by atoms with Crippen LogP contribution in [0, 0.1) is 0 Å². The monoisotopic (exact) mass is 654 g/mol. The predicted octanol–water partition coefficient (Wildman–Crippen LogP) is 4.57. The summed E-state index contributed by atoms with van der Waals surface area (Å²) in [7, 11) is -2.62. The van der Waals surface area contributed by atoms with Crippen LogP contribution in [0.1, 0.15) is 48.2 Å². The molecule has 4 aromatic carbocycles. The van der Waals surface area contributed by atoms with Gasteiger partial charge in [-0.1, -0.05) is 60.7 Å². The summed E-state index contributed by atoms with van der Waals surface area (Å²) < 4.78 is 34.3. The van der Waals surface area contributed by atoms with Crippen LogP contribution in [0.4, 0.5) is 5.69 Å². The van der Waals surface area contributed by atoms with Crippen LogP contribution in [-0.2, 0) is 32.6 Å². The molecule has 0 unspecified atom stereocenters. The molecule has 0 saturated carbocycles. The minimum atomic E-state index is -4.20. The Kier molecular flexibility index (Phi) is 9.78. The van der Waals surface area contributed by atoms with Gasteiger partial charge in [0.1, 0.15) is 11.8 Å². The highest BCUT2D eigenvalue weighted by Gasteiger charge is 2.32. The normalized spacial score (nSPS) is 14.9. The van der Waals surface area contributed by atoms with Crippen LogP contribution in [0.15, 0.2) is 102 Å². The standard InChI is InChI=1S/C36H38N4O6S/c1-36(2,37)22-33(41)38-30-19-17-27-21-28(46-3)18-20-31(27)40(35(30)43)23-24-13-15-25(16-14-24)29-11-7-8-12-32(29)47(44,45)39-34(42)26-9-5-4-6-10-26/h4-16,18,20-21,30H,17,19,22-23,37H2,1-3H3,(H,38,41)(H,39,42)/t30-/m1/s1. The number of nitrogens with zero attached hydrogens (tertiary/aromatic N) is 1. The van der Waals surface area contributed by atoms with Gasteiger partial charge < -0.3 is 20.7 Å². The number of hydrogen-bond acceptors (Lipinski definition) is 7. The van der Waals surface area contributed by atoms with Gasteiger partial charge in [0.15, 0.2) is 0 Å². The zero-order valence-corrected chi connectivity index (χ0v) is 27.3. The number of sulfonamides is 1. The molecule has 4 N–H and O–H groups in total. The first-order valence-corrected chi connectivity index (χ1v) is 16.7. The molecule has 1 atom stereocenters. The third-order valence-corrected chi connectivity index (χ3v) is 9.23. The number of amides is 3. The summed E-state index contributed by atoms with van der Waals surface area (Å²) in [6.45, 7) is 3.72. The molecule has 1 heterocycles. The maximum atomic E-state index is 13.9. The van der Waals surface area contributed by atoms with Gasteiger partial charge in [0.2, 0.25) is 11.8 Å². The number of carbonyl (C=O) groups is 3. The molecule has 0 aromatic heterocycles. The topological polar surface area (TPSA) is 148 Å². The minimum Gasteiger partial charge on any atom is -0.497 e. The molecule has 1 aliphatic heterocycles. The van der Waals surface area contributed by atoms with Gasteiger partial charge in [-0.05, 0) is 79.8 Å². The van der Waals surface area contributed by atoms with Crippen molar-refractivity contribution >= 4 is 33.4 Å². The van der Waals surface area contributed by atoms with Crippen molar-refractivity contribution in [1.29, 1.82) is 0 Å². The highest BCUT2D eigenvalue weighted by atomic mass is 32.2. The van der Waals surface area contributed by atoms with Crippen molar-refractivity contribution < 1.29 is 27.5 Å². The molecule has 0 spiro atoms. The highest BCUT2D eigenvalue weighted by Crippen LogP contribution is 2.33. The Bertz CT molecular complexity index is 1890. The molecule has 0 fully saturated rings. The molecule has 3 amide bonds. The molecule has 5 rings (SSSR count). The Hall–Kier alpha value is -5.00. The van der Waals surface area contributed by atoms with E-state index in [2.05, 4.69) is 10.0 Å². The third-order valence-electron chi connectivity index (χ3n) is 7.84. The van der Waals surface area contributed by atoms with E-state index in [1.807, 2.05) is 24.3 Å². The van der Waals surface area contributed by atoms with Crippen molar-refractivity contribution in [1.82, 2.24) is 10.0 Å². The summed E-state index contributed by atoms with van der Waals surface area (Å²) in [6, 6.07) is 26.6. The maximum absolute atomic E-state index is 13.9. The van der Waals surface area contributed by atoms with Gasteiger partial charge in [-0.25, -0.2) is 13.1 Å². The smallest absolute Gasteiger partial charge is 0.264 e. The Morgan fingerprint density at radius 2 is 1.64 bits per heavy atom. The fourth-order valence-corrected chi connectivity index (χ4v) is 6.78. The van der Waals surface area contributed by atoms with E-state index in [9.17, 15) is 22.8 Å². The van der Waals surface area contributed by atoms with Crippen molar-refractivity contribution in [2.45, 2.75) is 56.1 Å². The lowest BCUT2D eigenvalue weighted by Crippen LogP contribution is -2.49. The van der Waals surface area contributed by atoms with Crippen LogP contribution in [0.3, 0.4) is 0 Å². The first kappa shape index (κ1) is 33.4. The van der Waals surface area contributed by atoms with Crippen molar-refractivity contribution in [2.24, 2.45) is 5.73 Å². The quantitative estimate of drug-likeness (QED) is 0.227. The minimum absolute atomic E-state index is 0.0400. The first-order valence-electron chi connectivity index (χ1n) is 15.2. The molecule has 244 valence electrons. The number of nitrogens with two attached hydrogens (primary N) is 1. The lowest BCUT2D eigenvalue weighted by atomic mass is 10.0. The van der Waals surface area contributed by atoms with Crippen LogP contribution >= 0.6 is 0 Å². The van der Waals surface area contributed by atoms with Gasteiger partial charge in [-0.15, -0.1) is 0 Å². The van der Waals surface area contributed by atoms with Gasteiger partial charge in [0.25, 0.3) is 15.9 Å². The second-order valence-corrected chi connectivity index (χ2v) is 13.9. The van der Waals surface area contributed by atoms with Crippen molar-refractivity contribution in [3.8, 4) is 16.9 Å². The summed E-state index contributed by atoms with van der Waals surface area (Å²) in [4.78, 5) is 41.0. The summed E-state index contributed by atoms with van der Waals surface area (Å²) in [5, 5.41) is 2.89. The molecule has 47 heavy (non-hydrogen) atoms. The average molecular weight is 655 g/mol. The Morgan fingerprint density at radius 1 is 0.957 bits per heavy atom. The van der Waals surface area contributed by atoms with E-state index in [0.29, 0.717) is 29.7 Å². The van der Waals surface area contributed by atoms with Crippen LogP contribution in [0.5, 0.6) is 5.75 Å². The maximum Gasteiger partial charge on any atom is 0.264 e. The second kappa shape index (κ2) is 13.8. The number of ether oxygens (including phenoxy) is 1. The van der Waals surface area contributed by atoms with Crippen LogP contribution < -0.4 is 25.4 Å². The van der Waals surface area contributed by atoms with Crippen molar-refractivity contribution in [2.75, 3.05) is 12.0 Å². The number of anilines is 1. The Balaban J connectivity index is 1.41. The molecule has 4 aromatic rings. The number of rotatable bonds is 10. The van der Waals surface area contributed by atoms with E-state index in [-0.39, 0.29) is 35.2 Å². The largest absolute Gasteiger partial charge is 0.497 e. The first-order chi connectivity index (χ1) is 22.3. The third kappa shape index (κ3) is 8.05. The molecule has 0 radical (unpaired) electrons. The lowest BCUT2D eigenvalue weighted by Gasteiger charge is -2.27. The number of aryl methyl sites for hydroxylation is 1. The second-order valence-electron chi connectivity index (χ2n) is 12.2. The molecule has 10 nitrogen and oxygen atoms in total.